The average molecular weight is 424 g/mol. The quantitative estimate of drug-likeness (QED) is 0.261. The maximum atomic E-state index is 11.6. The Morgan fingerprint density at radius 1 is 1.00 bits per heavy atom. The molecule has 13 heteroatoms. The minimum absolute atomic E-state index is 0.527. The summed E-state index contributed by atoms with van der Waals surface area (Å²) in [5, 5.41) is 54.2. The van der Waals surface area contributed by atoms with Gasteiger partial charge in [-0.15, -0.1) is 0 Å². The monoisotopic (exact) mass is 424 g/mol. The number of nitrogens with one attached hydrogen (secondary N) is 1. The van der Waals surface area contributed by atoms with Gasteiger partial charge in [0.05, 0.1) is 12.6 Å². The van der Waals surface area contributed by atoms with Gasteiger partial charge in [0.1, 0.15) is 48.8 Å². The number of carboxylic acids is 1. The Bertz CT molecular complexity index is 576. The number of aliphatic carboxylic acids is 1. The standard InChI is InChI=1S/C16H27NO12/c1-5(19)17-7-11(8(20)6(4-18)27-15(7)26-3)28-16-10(22)9(21)12(25-2)13(29-16)14(23)24/h6-13,15-16,18,20-22H,4H2,1-3H3,(H,17,19)(H,23,24)/p-1. The molecule has 0 bridgehead atoms. The van der Waals surface area contributed by atoms with E-state index in [1.807, 2.05) is 0 Å². The number of carboxylic acid groups (broad SMARTS) is 1. The van der Waals surface area contributed by atoms with Gasteiger partial charge >= 0.3 is 0 Å². The lowest BCUT2D eigenvalue weighted by Gasteiger charge is -2.47. The van der Waals surface area contributed by atoms with Crippen molar-refractivity contribution in [3.05, 3.63) is 0 Å². The second-order valence-electron chi connectivity index (χ2n) is 6.70. The molecule has 5 N–H and O–H groups in total. The molecule has 2 fully saturated rings. The van der Waals surface area contributed by atoms with E-state index in [4.69, 9.17) is 23.7 Å². The summed E-state index contributed by atoms with van der Waals surface area (Å²) < 4.78 is 26.1. The molecule has 2 aliphatic rings. The van der Waals surface area contributed by atoms with Crippen molar-refractivity contribution in [2.75, 3.05) is 20.8 Å². The smallest absolute Gasteiger partial charge is 0.217 e. The minimum Gasteiger partial charge on any atom is -0.547 e. The Morgan fingerprint density at radius 2 is 1.66 bits per heavy atom. The van der Waals surface area contributed by atoms with Gasteiger partial charge in [0.15, 0.2) is 12.6 Å². The number of carbonyl (C=O) groups excluding carboxylic acids is 2. The van der Waals surface area contributed by atoms with E-state index in [9.17, 15) is 35.1 Å². The van der Waals surface area contributed by atoms with Gasteiger partial charge in [0.25, 0.3) is 0 Å². The second kappa shape index (κ2) is 10.1. The lowest BCUT2D eigenvalue weighted by atomic mass is 9.95. The van der Waals surface area contributed by atoms with Crippen molar-refractivity contribution in [1.82, 2.24) is 5.32 Å². The molecule has 0 radical (unpaired) electrons. The predicted molar refractivity (Wildman–Crippen MR) is 87.7 cm³/mol. The van der Waals surface area contributed by atoms with Crippen LogP contribution in [0.1, 0.15) is 6.92 Å². The van der Waals surface area contributed by atoms with E-state index in [2.05, 4.69) is 5.32 Å². The highest BCUT2D eigenvalue weighted by molar-refractivity contribution is 5.73. The molecule has 10 atom stereocenters. The predicted octanol–water partition coefficient (Wildman–Crippen LogP) is -5.19. The van der Waals surface area contributed by atoms with E-state index in [-0.39, 0.29) is 0 Å². The van der Waals surface area contributed by atoms with E-state index in [1.54, 1.807) is 0 Å². The first-order valence-corrected chi connectivity index (χ1v) is 8.81. The summed E-state index contributed by atoms with van der Waals surface area (Å²) in [6.45, 7) is 0.567. The molecule has 0 spiro atoms. The van der Waals surface area contributed by atoms with E-state index >= 15 is 0 Å². The molecule has 0 aromatic rings. The summed E-state index contributed by atoms with van der Waals surface area (Å²) >= 11 is 0. The molecule has 168 valence electrons. The number of rotatable bonds is 7. The normalized spacial score (nSPS) is 43.0. The first kappa shape index (κ1) is 23.9. The Labute approximate surface area is 166 Å². The zero-order valence-corrected chi connectivity index (χ0v) is 16.0. The molecule has 1 amide bonds. The second-order valence-corrected chi connectivity index (χ2v) is 6.70. The van der Waals surface area contributed by atoms with Crippen LogP contribution in [-0.2, 0) is 33.3 Å². The summed E-state index contributed by atoms with van der Waals surface area (Å²) in [7, 11) is 2.37. The number of hydrogen-bond donors (Lipinski definition) is 5. The minimum atomic E-state index is -1.79. The van der Waals surface area contributed by atoms with Crippen molar-refractivity contribution in [2.24, 2.45) is 0 Å². The third-order valence-corrected chi connectivity index (χ3v) is 4.80. The fraction of sp³-hybridized carbons (Fsp3) is 0.875. The van der Waals surface area contributed by atoms with Gasteiger partial charge in [-0.3, -0.25) is 4.79 Å². The molecule has 0 aliphatic carbocycles. The zero-order valence-electron chi connectivity index (χ0n) is 16.0. The highest BCUT2D eigenvalue weighted by atomic mass is 16.7. The average Bonchev–Trinajstić information content (AvgIpc) is 2.67. The Morgan fingerprint density at radius 3 is 2.14 bits per heavy atom. The van der Waals surface area contributed by atoms with Crippen molar-refractivity contribution in [1.29, 1.82) is 0 Å². The van der Waals surface area contributed by atoms with Crippen LogP contribution in [0.5, 0.6) is 0 Å². The molecule has 2 heterocycles. The first-order chi connectivity index (χ1) is 13.7. The van der Waals surface area contributed by atoms with Crippen molar-refractivity contribution >= 4 is 11.9 Å². The molecule has 0 aromatic heterocycles. The van der Waals surface area contributed by atoms with Crippen LogP contribution in [0.15, 0.2) is 0 Å². The molecule has 2 aliphatic heterocycles. The number of amides is 1. The Balaban J connectivity index is 2.30. The van der Waals surface area contributed by atoms with Gasteiger partial charge in [-0.25, -0.2) is 0 Å². The maximum absolute atomic E-state index is 11.6. The molecular formula is C16H26NO12-. The fourth-order valence-electron chi connectivity index (χ4n) is 3.38. The van der Waals surface area contributed by atoms with Crippen LogP contribution in [0.3, 0.4) is 0 Å². The summed E-state index contributed by atoms with van der Waals surface area (Å²) in [5.74, 6) is -2.24. The highest BCUT2D eigenvalue weighted by Crippen LogP contribution is 2.30. The first-order valence-electron chi connectivity index (χ1n) is 8.81. The molecule has 2 rings (SSSR count). The van der Waals surface area contributed by atoms with Crippen LogP contribution in [-0.4, -0.2) is 114 Å². The molecule has 0 aromatic carbocycles. The lowest BCUT2D eigenvalue weighted by Crippen LogP contribution is -2.68. The fourth-order valence-corrected chi connectivity index (χ4v) is 3.38. The van der Waals surface area contributed by atoms with Crippen LogP contribution in [0.2, 0.25) is 0 Å². The largest absolute Gasteiger partial charge is 0.547 e. The molecule has 0 saturated carbocycles. The van der Waals surface area contributed by atoms with Crippen LogP contribution in [0.25, 0.3) is 0 Å². The molecule has 29 heavy (non-hydrogen) atoms. The lowest BCUT2D eigenvalue weighted by molar-refractivity contribution is -0.365. The highest BCUT2D eigenvalue weighted by Gasteiger charge is 2.52. The molecule has 13 nitrogen and oxygen atoms in total. The van der Waals surface area contributed by atoms with Gasteiger partial charge in [-0.1, -0.05) is 0 Å². The zero-order chi connectivity index (χ0) is 21.9. The SMILES string of the molecule is COC1OC(CO)C(O)C(OC2OC(C(=O)[O-])C(OC)C(O)C2O)C1NC(C)=O. The van der Waals surface area contributed by atoms with Gasteiger partial charge < -0.3 is 59.3 Å². The third kappa shape index (κ3) is 5.02. The van der Waals surface area contributed by atoms with Crippen LogP contribution in [0, 0.1) is 0 Å². The summed E-state index contributed by atoms with van der Waals surface area (Å²) in [6.07, 6.45) is -13.7. The number of hydrogen-bond acceptors (Lipinski definition) is 12. The van der Waals surface area contributed by atoms with E-state index in [0.717, 1.165) is 7.11 Å². The van der Waals surface area contributed by atoms with E-state index < -0.39 is 79.8 Å². The Hall–Kier alpha value is -1.42. The molecule has 2 saturated heterocycles. The number of aliphatic hydroxyl groups excluding tert-OH is 4. The van der Waals surface area contributed by atoms with E-state index in [1.165, 1.54) is 14.0 Å². The van der Waals surface area contributed by atoms with Gasteiger partial charge in [0.2, 0.25) is 5.91 Å². The van der Waals surface area contributed by atoms with Crippen LogP contribution >= 0.6 is 0 Å². The summed E-state index contributed by atoms with van der Waals surface area (Å²) in [4.78, 5) is 22.9. The molecular weight excluding hydrogens is 398 g/mol. The van der Waals surface area contributed by atoms with Crippen molar-refractivity contribution in [3.63, 3.8) is 0 Å². The maximum Gasteiger partial charge on any atom is 0.217 e. The van der Waals surface area contributed by atoms with Crippen molar-refractivity contribution in [3.8, 4) is 0 Å². The third-order valence-electron chi connectivity index (χ3n) is 4.80. The molecule has 10 unspecified atom stereocenters. The van der Waals surface area contributed by atoms with Gasteiger partial charge in [0, 0.05) is 21.1 Å². The topological polar surface area (TPSA) is 196 Å². The van der Waals surface area contributed by atoms with Crippen LogP contribution in [0.4, 0.5) is 0 Å². The number of aliphatic hydroxyl groups is 4. The Kier molecular flexibility index (Phi) is 8.28. The van der Waals surface area contributed by atoms with E-state index in [0.29, 0.717) is 0 Å². The van der Waals surface area contributed by atoms with Gasteiger partial charge in [-0.2, -0.15) is 0 Å². The number of carbonyl (C=O) groups is 2. The number of methoxy groups -OCH3 is 2. The summed E-state index contributed by atoms with van der Waals surface area (Å²) in [5.41, 5.74) is 0. The summed E-state index contributed by atoms with van der Waals surface area (Å²) in [6, 6.07) is -1.12. The van der Waals surface area contributed by atoms with Crippen molar-refractivity contribution in [2.45, 2.75) is 68.3 Å². The van der Waals surface area contributed by atoms with Crippen molar-refractivity contribution < 1.29 is 58.8 Å². The number of ether oxygens (including phenoxy) is 5. The van der Waals surface area contributed by atoms with Crippen LogP contribution < -0.4 is 10.4 Å². The van der Waals surface area contributed by atoms with Gasteiger partial charge in [-0.05, 0) is 0 Å².